The number of hydrogen-bond donors (Lipinski definition) is 1. The maximum atomic E-state index is 5.35. The Hall–Kier alpha value is -0.760. The second kappa shape index (κ2) is 5.92. The molecule has 1 aromatic heterocycles. The van der Waals surface area contributed by atoms with E-state index in [1.165, 1.54) is 51.5 Å². The van der Waals surface area contributed by atoms with E-state index in [1.807, 2.05) is 12.1 Å². The van der Waals surface area contributed by atoms with Crippen LogP contribution in [0.2, 0.25) is 0 Å². The fourth-order valence-corrected chi connectivity index (χ4v) is 3.97. The van der Waals surface area contributed by atoms with Gasteiger partial charge in [-0.05, 0) is 55.7 Å². The van der Waals surface area contributed by atoms with Gasteiger partial charge in [-0.3, -0.25) is 0 Å². The molecule has 1 heterocycles. The van der Waals surface area contributed by atoms with Crippen LogP contribution in [0.3, 0.4) is 0 Å². The minimum absolute atomic E-state index is 0.887. The van der Waals surface area contributed by atoms with E-state index >= 15 is 0 Å². The van der Waals surface area contributed by atoms with Gasteiger partial charge in [0.15, 0.2) is 0 Å². The molecular formula is C16H25NO. The van der Waals surface area contributed by atoms with Crippen LogP contribution in [0.25, 0.3) is 0 Å². The van der Waals surface area contributed by atoms with Gasteiger partial charge in [-0.2, -0.15) is 0 Å². The number of rotatable bonds is 4. The minimum Gasteiger partial charge on any atom is -0.468 e. The second-order valence-corrected chi connectivity index (χ2v) is 6.19. The van der Waals surface area contributed by atoms with Gasteiger partial charge in [-0.15, -0.1) is 0 Å². The quantitative estimate of drug-likeness (QED) is 0.870. The lowest BCUT2D eigenvalue weighted by atomic mass is 9.67. The van der Waals surface area contributed by atoms with E-state index in [4.69, 9.17) is 4.42 Å². The summed E-state index contributed by atoms with van der Waals surface area (Å²) in [5.41, 5.74) is 0. The molecule has 3 rings (SSSR count). The van der Waals surface area contributed by atoms with Crippen molar-refractivity contribution >= 4 is 0 Å². The summed E-state index contributed by atoms with van der Waals surface area (Å²) in [4.78, 5) is 0. The van der Waals surface area contributed by atoms with Gasteiger partial charge in [0.25, 0.3) is 0 Å². The molecule has 2 saturated carbocycles. The van der Waals surface area contributed by atoms with Gasteiger partial charge >= 0.3 is 0 Å². The molecule has 1 N–H and O–H groups in total. The zero-order valence-electron chi connectivity index (χ0n) is 11.2. The summed E-state index contributed by atoms with van der Waals surface area (Å²) in [7, 11) is 0. The highest BCUT2D eigenvalue weighted by atomic mass is 16.3. The van der Waals surface area contributed by atoms with E-state index in [2.05, 4.69) is 5.32 Å². The average Bonchev–Trinajstić information content (AvgIpc) is 2.92. The predicted molar refractivity (Wildman–Crippen MR) is 73.2 cm³/mol. The molecule has 1 aromatic rings. The number of furan rings is 1. The van der Waals surface area contributed by atoms with E-state index in [1.54, 1.807) is 6.26 Å². The van der Waals surface area contributed by atoms with Crippen LogP contribution in [-0.2, 0) is 6.54 Å². The van der Waals surface area contributed by atoms with Crippen molar-refractivity contribution in [3.63, 3.8) is 0 Å². The highest BCUT2D eigenvalue weighted by molar-refractivity contribution is 4.97. The molecule has 0 amide bonds. The van der Waals surface area contributed by atoms with Crippen molar-refractivity contribution in [2.75, 3.05) is 6.54 Å². The van der Waals surface area contributed by atoms with Gasteiger partial charge in [0.1, 0.15) is 5.76 Å². The Balaban J connectivity index is 1.41. The first-order valence-electron chi connectivity index (χ1n) is 7.65. The highest BCUT2D eigenvalue weighted by Crippen LogP contribution is 2.42. The highest BCUT2D eigenvalue weighted by Gasteiger charge is 2.31. The molecule has 2 aliphatic carbocycles. The average molecular weight is 247 g/mol. The lowest BCUT2D eigenvalue weighted by Gasteiger charge is -2.39. The molecule has 3 unspecified atom stereocenters. The molecular weight excluding hydrogens is 222 g/mol. The van der Waals surface area contributed by atoms with Crippen LogP contribution in [0.1, 0.15) is 50.7 Å². The molecule has 18 heavy (non-hydrogen) atoms. The maximum absolute atomic E-state index is 5.35. The molecule has 0 saturated heterocycles. The normalized spacial score (nSPS) is 32.1. The molecule has 0 aromatic carbocycles. The van der Waals surface area contributed by atoms with Crippen molar-refractivity contribution < 1.29 is 4.42 Å². The van der Waals surface area contributed by atoms with Crippen LogP contribution in [-0.4, -0.2) is 6.54 Å². The molecule has 0 aliphatic heterocycles. The summed E-state index contributed by atoms with van der Waals surface area (Å²) >= 11 is 0. The fraction of sp³-hybridized carbons (Fsp3) is 0.750. The van der Waals surface area contributed by atoms with Crippen LogP contribution < -0.4 is 5.32 Å². The second-order valence-electron chi connectivity index (χ2n) is 6.19. The zero-order chi connectivity index (χ0) is 12.2. The summed E-state index contributed by atoms with van der Waals surface area (Å²) < 4.78 is 5.35. The summed E-state index contributed by atoms with van der Waals surface area (Å²) in [6, 6.07) is 4.01. The molecule has 0 bridgehead atoms. The fourth-order valence-electron chi connectivity index (χ4n) is 3.97. The van der Waals surface area contributed by atoms with Crippen molar-refractivity contribution in [2.45, 2.75) is 51.5 Å². The zero-order valence-corrected chi connectivity index (χ0v) is 11.2. The Kier molecular flexibility index (Phi) is 4.04. The van der Waals surface area contributed by atoms with Gasteiger partial charge in [-0.1, -0.05) is 25.7 Å². The first-order chi connectivity index (χ1) is 8.92. The number of hydrogen-bond acceptors (Lipinski definition) is 2. The Labute approximate surface area is 110 Å². The number of nitrogens with one attached hydrogen (secondary N) is 1. The van der Waals surface area contributed by atoms with Gasteiger partial charge in [0.2, 0.25) is 0 Å². The molecule has 2 fully saturated rings. The third-order valence-corrected chi connectivity index (χ3v) is 4.96. The topological polar surface area (TPSA) is 25.2 Å². The standard InChI is InChI=1S/C16H25NO/c1-2-5-15-10-13(7-8-14(15)4-1)11-17-12-16-6-3-9-18-16/h3,6,9,13-15,17H,1-2,4-5,7-8,10-12H2. The molecule has 3 atom stereocenters. The summed E-state index contributed by atoms with van der Waals surface area (Å²) in [5.74, 6) is 4.07. The van der Waals surface area contributed by atoms with Crippen molar-refractivity contribution in [3.8, 4) is 0 Å². The summed E-state index contributed by atoms with van der Waals surface area (Å²) in [5, 5.41) is 3.56. The van der Waals surface area contributed by atoms with Gasteiger partial charge < -0.3 is 9.73 Å². The van der Waals surface area contributed by atoms with E-state index in [0.717, 1.165) is 30.1 Å². The smallest absolute Gasteiger partial charge is 0.117 e. The third-order valence-electron chi connectivity index (χ3n) is 4.96. The van der Waals surface area contributed by atoms with Crippen LogP contribution in [0.5, 0.6) is 0 Å². The molecule has 0 spiro atoms. The van der Waals surface area contributed by atoms with Crippen LogP contribution in [0, 0.1) is 17.8 Å². The number of fused-ring (bicyclic) bond motifs is 1. The molecule has 2 aliphatic rings. The molecule has 100 valence electrons. The lowest BCUT2D eigenvalue weighted by Crippen LogP contribution is -2.32. The van der Waals surface area contributed by atoms with Gasteiger partial charge in [0.05, 0.1) is 12.8 Å². The molecule has 2 nitrogen and oxygen atoms in total. The molecule has 2 heteroatoms. The van der Waals surface area contributed by atoms with Crippen LogP contribution in [0.4, 0.5) is 0 Å². The summed E-state index contributed by atoms with van der Waals surface area (Å²) in [6.45, 7) is 2.06. The largest absolute Gasteiger partial charge is 0.468 e. The van der Waals surface area contributed by atoms with Crippen molar-refractivity contribution in [1.29, 1.82) is 0 Å². The van der Waals surface area contributed by atoms with Crippen LogP contribution in [0.15, 0.2) is 22.8 Å². The van der Waals surface area contributed by atoms with Crippen molar-refractivity contribution in [2.24, 2.45) is 17.8 Å². The van der Waals surface area contributed by atoms with Crippen molar-refractivity contribution in [3.05, 3.63) is 24.2 Å². The van der Waals surface area contributed by atoms with E-state index in [-0.39, 0.29) is 0 Å². The lowest BCUT2D eigenvalue weighted by molar-refractivity contribution is 0.128. The van der Waals surface area contributed by atoms with Crippen LogP contribution >= 0.6 is 0 Å². The minimum atomic E-state index is 0.887. The Morgan fingerprint density at radius 1 is 1.11 bits per heavy atom. The van der Waals surface area contributed by atoms with E-state index in [9.17, 15) is 0 Å². The molecule has 0 radical (unpaired) electrons. The Bertz CT molecular complexity index is 346. The van der Waals surface area contributed by atoms with E-state index in [0.29, 0.717) is 0 Å². The van der Waals surface area contributed by atoms with Crippen molar-refractivity contribution in [1.82, 2.24) is 5.32 Å². The predicted octanol–water partition coefficient (Wildman–Crippen LogP) is 3.98. The van der Waals surface area contributed by atoms with Gasteiger partial charge in [0, 0.05) is 0 Å². The monoisotopic (exact) mass is 247 g/mol. The SMILES string of the molecule is c1coc(CNCC2CCC3CCCCC3C2)c1. The third kappa shape index (κ3) is 2.97. The maximum Gasteiger partial charge on any atom is 0.117 e. The Morgan fingerprint density at radius 2 is 2.00 bits per heavy atom. The summed E-state index contributed by atoms with van der Waals surface area (Å²) in [6.07, 6.45) is 12.1. The Morgan fingerprint density at radius 3 is 2.83 bits per heavy atom. The first-order valence-corrected chi connectivity index (χ1v) is 7.65. The van der Waals surface area contributed by atoms with E-state index < -0.39 is 0 Å². The first kappa shape index (κ1) is 12.3. The van der Waals surface area contributed by atoms with Gasteiger partial charge in [-0.25, -0.2) is 0 Å².